The fourth-order valence-corrected chi connectivity index (χ4v) is 2.63. The van der Waals surface area contributed by atoms with E-state index in [1.54, 1.807) is 12.1 Å². The number of hydrogen-bond acceptors (Lipinski definition) is 2. The molecule has 0 heterocycles. The topological polar surface area (TPSA) is 32.3 Å². The highest BCUT2D eigenvalue weighted by Gasteiger charge is 2.13. The maximum atomic E-state index is 13.1. The lowest BCUT2D eigenvalue weighted by Crippen LogP contribution is -2.14. The first-order valence-corrected chi connectivity index (χ1v) is 6.72. The molecule has 0 aromatic heterocycles. The molecule has 0 fully saturated rings. The average Bonchev–Trinajstić information content (AvgIpc) is 2.35. The predicted molar refractivity (Wildman–Crippen MR) is 80.5 cm³/mol. The molecule has 0 radical (unpaired) electrons. The van der Waals surface area contributed by atoms with Crippen molar-refractivity contribution in [1.29, 1.82) is 0 Å². The summed E-state index contributed by atoms with van der Waals surface area (Å²) in [6.07, 6.45) is -0.612. The van der Waals surface area contributed by atoms with Crippen LogP contribution in [-0.2, 0) is 0 Å². The number of halogens is 1. The van der Waals surface area contributed by atoms with Crippen LogP contribution in [0.15, 0.2) is 36.4 Å². The molecule has 0 amide bonds. The van der Waals surface area contributed by atoms with Crippen molar-refractivity contribution in [1.82, 2.24) is 0 Å². The van der Waals surface area contributed by atoms with Crippen LogP contribution in [0.25, 0.3) is 0 Å². The molecule has 0 saturated heterocycles. The first-order valence-electron chi connectivity index (χ1n) is 6.72. The number of aliphatic hydroxyl groups is 1. The SMILES string of the molecule is Cc1cc(C)c(C(O)CNc2cccc(F)c2)c(C)c1. The van der Waals surface area contributed by atoms with Gasteiger partial charge < -0.3 is 10.4 Å². The maximum Gasteiger partial charge on any atom is 0.125 e. The van der Waals surface area contributed by atoms with Crippen LogP contribution in [-0.4, -0.2) is 11.7 Å². The zero-order valence-corrected chi connectivity index (χ0v) is 12.1. The smallest absolute Gasteiger partial charge is 0.125 e. The van der Waals surface area contributed by atoms with Crippen LogP contribution in [0.4, 0.5) is 10.1 Å². The molecule has 20 heavy (non-hydrogen) atoms. The van der Waals surface area contributed by atoms with Crippen molar-refractivity contribution in [3.8, 4) is 0 Å². The van der Waals surface area contributed by atoms with Crippen molar-refractivity contribution in [2.75, 3.05) is 11.9 Å². The van der Waals surface area contributed by atoms with Gasteiger partial charge in [-0.3, -0.25) is 0 Å². The zero-order valence-electron chi connectivity index (χ0n) is 12.1. The Morgan fingerprint density at radius 3 is 2.35 bits per heavy atom. The van der Waals surface area contributed by atoms with Crippen molar-refractivity contribution in [2.24, 2.45) is 0 Å². The standard InChI is InChI=1S/C17H20FNO/c1-11-7-12(2)17(13(3)8-11)16(20)10-19-15-6-4-5-14(18)9-15/h4-9,16,19-20H,10H2,1-3H3. The summed E-state index contributed by atoms with van der Waals surface area (Å²) >= 11 is 0. The third-order valence-electron chi connectivity index (χ3n) is 3.40. The van der Waals surface area contributed by atoms with Gasteiger partial charge in [-0.25, -0.2) is 4.39 Å². The van der Waals surface area contributed by atoms with Crippen LogP contribution >= 0.6 is 0 Å². The highest BCUT2D eigenvalue weighted by atomic mass is 19.1. The van der Waals surface area contributed by atoms with E-state index >= 15 is 0 Å². The van der Waals surface area contributed by atoms with E-state index in [1.807, 2.05) is 20.8 Å². The van der Waals surface area contributed by atoms with E-state index < -0.39 is 6.10 Å². The van der Waals surface area contributed by atoms with Gasteiger partial charge in [-0.1, -0.05) is 23.8 Å². The maximum absolute atomic E-state index is 13.1. The molecule has 0 aliphatic carbocycles. The number of hydrogen-bond donors (Lipinski definition) is 2. The van der Waals surface area contributed by atoms with E-state index in [0.29, 0.717) is 12.2 Å². The summed E-state index contributed by atoms with van der Waals surface area (Å²) in [5.74, 6) is -0.285. The van der Waals surface area contributed by atoms with E-state index in [9.17, 15) is 9.50 Å². The minimum Gasteiger partial charge on any atom is -0.387 e. The van der Waals surface area contributed by atoms with Gasteiger partial charge in [0.1, 0.15) is 5.82 Å². The number of aryl methyl sites for hydroxylation is 3. The highest BCUT2D eigenvalue weighted by Crippen LogP contribution is 2.24. The number of anilines is 1. The average molecular weight is 273 g/mol. The highest BCUT2D eigenvalue weighted by molar-refractivity contribution is 5.44. The van der Waals surface area contributed by atoms with E-state index in [1.165, 1.54) is 17.7 Å². The third kappa shape index (κ3) is 3.36. The molecule has 0 spiro atoms. The van der Waals surface area contributed by atoms with E-state index in [0.717, 1.165) is 16.7 Å². The van der Waals surface area contributed by atoms with Gasteiger partial charge >= 0.3 is 0 Å². The Bertz CT molecular complexity index is 587. The fourth-order valence-electron chi connectivity index (χ4n) is 2.63. The molecule has 2 aromatic rings. The van der Waals surface area contributed by atoms with Gasteiger partial charge in [0.15, 0.2) is 0 Å². The Labute approximate surface area is 119 Å². The van der Waals surface area contributed by atoms with Crippen LogP contribution in [0.5, 0.6) is 0 Å². The lowest BCUT2D eigenvalue weighted by atomic mass is 9.95. The fraction of sp³-hybridized carbons (Fsp3) is 0.294. The van der Waals surface area contributed by atoms with Gasteiger partial charge in [-0.05, 0) is 55.7 Å². The minimum atomic E-state index is -0.612. The first-order chi connectivity index (χ1) is 9.47. The Morgan fingerprint density at radius 1 is 1.10 bits per heavy atom. The lowest BCUT2D eigenvalue weighted by molar-refractivity contribution is 0.190. The number of benzene rings is 2. The second-order valence-electron chi connectivity index (χ2n) is 5.22. The molecule has 0 aliphatic rings. The van der Waals surface area contributed by atoms with E-state index in [-0.39, 0.29) is 5.82 Å². The quantitative estimate of drug-likeness (QED) is 0.885. The number of nitrogens with one attached hydrogen (secondary N) is 1. The summed E-state index contributed by atoms with van der Waals surface area (Å²) in [5.41, 5.74) is 4.96. The van der Waals surface area contributed by atoms with Crippen molar-refractivity contribution in [3.63, 3.8) is 0 Å². The minimum absolute atomic E-state index is 0.285. The lowest BCUT2D eigenvalue weighted by Gasteiger charge is -2.18. The summed E-state index contributed by atoms with van der Waals surface area (Å²) in [7, 11) is 0. The predicted octanol–water partition coefficient (Wildman–Crippen LogP) is 3.90. The van der Waals surface area contributed by atoms with Gasteiger partial charge in [0.25, 0.3) is 0 Å². The molecule has 106 valence electrons. The molecule has 2 N–H and O–H groups in total. The summed E-state index contributed by atoms with van der Waals surface area (Å²) in [5, 5.41) is 13.4. The van der Waals surface area contributed by atoms with Crippen LogP contribution < -0.4 is 5.32 Å². The van der Waals surface area contributed by atoms with Crippen molar-refractivity contribution in [3.05, 3.63) is 64.5 Å². The van der Waals surface area contributed by atoms with Crippen molar-refractivity contribution >= 4 is 5.69 Å². The Morgan fingerprint density at radius 2 is 1.75 bits per heavy atom. The molecule has 1 unspecified atom stereocenters. The van der Waals surface area contributed by atoms with Gasteiger partial charge in [0, 0.05) is 12.2 Å². The molecular formula is C17H20FNO. The van der Waals surface area contributed by atoms with Crippen LogP contribution in [0.2, 0.25) is 0 Å². The first kappa shape index (κ1) is 14.5. The van der Waals surface area contributed by atoms with Crippen LogP contribution in [0.1, 0.15) is 28.4 Å². The number of aliphatic hydroxyl groups excluding tert-OH is 1. The van der Waals surface area contributed by atoms with Gasteiger partial charge in [-0.2, -0.15) is 0 Å². The summed E-state index contributed by atoms with van der Waals surface area (Å²) in [6.45, 7) is 6.40. The van der Waals surface area contributed by atoms with Crippen LogP contribution in [0.3, 0.4) is 0 Å². The molecule has 2 nitrogen and oxygen atoms in total. The monoisotopic (exact) mass is 273 g/mol. The molecule has 2 aromatic carbocycles. The third-order valence-corrected chi connectivity index (χ3v) is 3.40. The Balaban J connectivity index is 2.11. The van der Waals surface area contributed by atoms with E-state index in [2.05, 4.69) is 17.4 Å². The number of rotatable bonds is 4. The van der Waals surface area contributed by atoms with Crippen molar-refractivity contribution < 1.29 is 9.50 Å². The summed E-state index contributed by atoms with van der Waals surface area (Å²) in [6, 6.07) is 10.4. The molecule has 1 atom stereocenters. The second kappa shape index (κ2) is 6.06. The molecule has 0 saturated carbocycles. The molecule has 0 aliphatic heterocycles. The normalized spacial score (nSPS) is 12.2. The summed E-state index contributed by atoms with van der Waals surface area (Å²) in [4.78, 5) is 0. The van der Waals surface area contributed by atoms with Crippen molar-refractivity contribution in [2.45, 2.75) is 26.9 Å². The molecule has 2 rings (SSSR count). The molecule has 3 heteroatoms. The Kier molecular flexibility index (Phi) is 4.40. The molecular weight excluding hydrogens is 253 g/mol. The van der Waals surface area contributed by atoms with Gasteiger partial charge in [0.05, 0.1) is 6.10 Å². The van der Waals surface area contributed by atoms with E-state index in [4.69, 9.17) is 0 Å². The summed E-state index contributed by atoms with van der Waals surface area (Å²) < 4.78 is 13.1. The zero-order chi connectivity index (χ0) is 14.7. The van der Waals surface area contributed by atoms with Crippen LogP contribution in [0, 0.1) is 26.6 Å². The largest absolute Gasteiger partial charge is 0.387 e. The van der Waals surface area contributed by atoms with Gasteiger partial charge in [0.2, 0.25) is 0 Å². The van der Waals surface area contributed by atoms with Gasteiger partial charge in [-0.15, -0.1) is 0 Å². The second-order valence-corrected chi connectivity index (χ2v) is 5.22. The Hall–Kier alpha value is -1.87. The molecule has 0 bridgehead atoms.